The molecule has 3 nitrogen and oxygen atoms in total. The minimum atomic E-state index is -0.0591. The molecule has 0 saturated heterocycles. The number of aryl methyl sites for hydroxylation is 1. The maximum Gasteiger partial charge on any atom is 0.124 e. The highest BCUT2D eigenvalue weighted by Crippen LogP contribution is 2.35. The van der Waals surface area contributed by atoms with E-state index >= 15 is 0 Å². The lowest BCUT2D eigenvalue weighted by Crippen LogP contribution is -2.28. The van der Waals surface area contributed by atoms with Crippen molar-refractivity contribution in [2.45, 2.75) is 13.0 Å². The number of nitrogens with one attached hydrogen (secondary N) is 1. The third kappa shape index (κ3) is 2.75. The van der Waals surface area contributed by atoms with Gasteiger partial charge in [0.05, 0.1) is 16.9 Å². The fourth-order valence-corrected chi connectivity index (χ4v) is 3.39. The molecular weight excluding hydrogens is 312 g/mol. The van der Waals surface area contributed by atoms with Gasteiger partial charge in [0, 0.05) is 10.4 Å². The van der Waals surface area contributed by atoms with Crippen LogP contribution in [0.1, 0.15) is 22.0 Å². The molecule has 0 aliphatic rings. The molecule has 5 heteroatoms. The summed E-state index contributed by atoms with van der Waals surface area (Å²) in [7, 11) is 1.67. The molecule has 2 rings (SSSR count). The number of ether oxygens (including phenoxy) is 1. The zero-order chi connectivity index (χ0) is 13.1. The Morgan fingerprint density at radius 2 is 2.11 bits per heavy atom. The van der Waals surface area contributed by atoms with Crippen LogP contribution in [0.3, 0.4) is 0 Å². The van der Waals surface area contributed by atoms with E-state index in [2.05, 4.69) is 40.4 Å². The number of nitrogens with two attached hydrogens (primary N) is 1. The Morgan fingerprint density at radius 3 is 2.67 bits per heavy atom. The second-order valence-corrected chi connectivity index (χ2v) is 6.48. The van der Waals surface area contributed by atoms with E-state index in [0.717, 1.165) is 20.0 Å². The van der Waals surface area contributed by atoms with Gasteiger partial charge in [-0.15, -0.1) is 11.3 Å². The van der Waals surface area contributed by atoms with Crippen LogP contribution in [0.5, 0.6) is 5.75 Å². The topological polar surface area (TPSA) is 47.3 Å². The van der Waals surface area contributed by atoms with Gasteiger partial charge in [0.2, 0.25) is 0 Å². The summed E-state index contributed by atoms with van der Waals surface area (Å²) in [5.74, 6) is 6.55. The standard InChI is InChI=1S/C13H15BrN2OS/c1-8-3-4-10(17-2)9(7-8)13(16-15)11-5-6-12(14)18-11/h3-7,13,16H,15H2,1-2H3. The molecule has 1 aromatic heterocycles. The summed E-state index contributed by atoms with van der Waals surface area (Å²) in [6.07, 6.45) is 0. The van der Waals surface area contributed by atoms with E-state index in [9.17, 15) is 0 Å². The van der Waals surface area contributed by atoms with E-state index in [0.29, 0.717) is 0 Å². The minimum Gasteiger partial charge on any atom is -0.496 e. The largest absolute Gasteiger partial charge is 0.496 e. The van der Waals surface area contributed by atoms with Crippen molar-refractivity contribution >= 4 is 27.3 Å². The van der Waals surface area contributed by atoms with Crippen LogP contribution in [0.15, 0.2) is 34.1 Å². The summed E-state index contributed by atoms with van der Waals surface area (Å²) in [6.45, 7) is 2.06. The average molecular weight is 327 g/mol. The number of hydrogen-bond donors (Lipinski definition) is 2. The third-order valence-electron chi connectivity index (χ3n) is 2.74. The predicted octanol–water partition coefficient (Wildman–Crippen LogP) is 3.38. The van der Waals surface area contributed by atoms with Gasteiger partial charge in [-0.05, 0) is 41.1 Å². The Kier molecular flexibility index (Phi) is 4.40. The summed E-state index contributed by atoms with van der Waals surface area (Å²) < 4.78 is 6.50. The van der Waals surface area contributed by atoms with E-state index in [1.54, 1.807) is 18.4 Å². The molecule has 96 valence electrons. The highest BCUT2D eigenvalue weighted by molar-refractivity contribution is 9.11. The van der Waals surface area contributed by atoms with Crippen molar-refractivity contribution in [1.29, 1.82) is 0 Å². The molecule has 0 fully saturated rings. The van der Waals surface area contributed by atoms with Crippen molar-refractivity contribution in [2.75, 3.05) is 7.11 Å². The SMILES string of the molecule is COc1ccc(C)cc1C(NN)c1ccc(Br)s1. The highest BCUT2D eigenvalue weighted by Gasteiger charge is 2.18. The van der Waals surface area contributed by atoms with Crippen molar-refractivity contribution in [3.05, 3.63) is 50.1 Å². The Labute approximate surface area is 119 Å². The van der Waals surface area contributed by atoms with E-state index in [-0.39, 0.29) is 6.04 Å². The first-order valence-electron chi connectivity index (χ1n) is 5.51. The molecule has 0 aliphatic heterocycles. The van der Waals surface area contributed by atoms with E-state index in [4.69, 9.17) is 10.6 Å². The number of hydrazine groups is 1. The fourth-order valence-electron chi connectivity index (χ4n) is 1.89. The maximum absolute atomic E-state index is 5.71. The highest BCUT2D eigenvalue weighted by atomic mass is 79.9. The minimum absolute atomic E-state index is 0.0591. The monoisotopic (exact) mass is 326 g/mol. The molecule has 1 heterocycles. The number of benzene rings is 1. The molecule has 1 unspecified atom stereocenters. The Bertz CT molecular complexity index is 542. The fraction of sp³-hybridized carbons (Fsp3) is 0.231. The van der Waals surface area contributed by atoms with Gasteiger partial charge in [-0.3, -0.25) is 5.84 Å². The van der Waals surface area contributed by atoms with Gasteiger partial charge in [0.25, 0.3) is 0 Å². The molecule has 0 saturated carbocycles. The quantitative estimate of drug-likeness (QED) is 0.668. The first-order chi connectivity index (χ1) is 8.65. The lowest BCUT2D eigenvalue weighted by molar-refractivity contribution is 0.404. The van der Waals surface area contributed by atoms with Gasteiger partial charge in [-0.1, -0.05) is 17.7 Å². The summed E-state index contributed by atoms with van der Waals surface area (Å²) in [5.41, 5.74) is 5.09. The molecule has 0 radical (unpaired) electrons. The van der Waals surface area contributed by atoms with Crippen LogP contribution in [0.4, 0.5) is 0 Å². The van der Waals surface area contributed by atoms with E-state index in [1.807, 2.05) is 18.2 Å². The number of hydrogen-bond acceptors (Lipinski definition) is 4. The smallest absolute Gasteiger partial charge is 0.124 e. The maximum atomic E-state index is 5.71. The van der Waals surface area contributed by atoms with Crippen molar-refractivity contribution in [3.8, 4) is 5.75 Å². The van der Waals surface area contributed by atoms with Gasteiger partial charge in [0.15, 0.2) is 0 Å². The lowest BCUT2D eigenvalue weighted by Gasteiger charge is -2.18. The Hall–Kier alpha value is -0.880. The lowest BCUT2D eigenvalue weighted by atomic mass is 10.0. The number of rotatable bonds is 4. The predicted molar refractivity (Wildman–Crippen MR) is 78.9 cm³/mol. The van der Waals surface area contributed by atoms with Crippen LogP contribution in [0, 0.1) is 6.92 Å². The Balaban J connectivity index is 2.47. The number of halogens is 1. The summed E-state index contributed by atoms with van der Waals surface area (Å²) in [4.78, 5) is 1.15. The van der Waals surface area contributed by atoms with Crippen molar-refractivity contribution in [1.82, 2.24) is 5.43 Å². The zero-order valence-corrected chi connectivity index (χ0v) is 12.6. The van der Waals surface area contributed by atoms with Crippen LogP contribution in [0.25, 0.3) is 0 Å². The summed E-state index contributed by atoms with van der Waals surface area (Å²) in [6, 6.07) is 10.1. The summed E-state index contributed by atoms with van der Waals surface area (Å²) in [5, 5.41) is 0. The first kappa shape index (κ1) is 13.5. The first-order valence-corrected chi connectivity index (χ1v) is 7.12. The molecule has 0 spiro atoms. The molecule has 0 bridgehead atoms. The second-order valence-electron chi connectivity index (χ2n) is 3.99. The van der Waals surface area contributed by atoms with Gasteiger partial charge in [-0.25, -0.2) is 5.43 Å². The Morgan fingerprint density at radius 1 is 1.33 bits per heavy atom. The van der Waals surface area contributed by atoms with Gasteiger partial charge in [-0.2, -0.15) is 0 Å². The molecule has 18 heavy (non-hydrogen) atoms. The molecule has 1 atom stereocenters. The van der Waals surface area contributed by atoms with Crippen molar-refractivity contribution < 1.29 is 4.74 Å². The van der Waals surface area contributed by atoms with Gasteiger partial charge < -0.3 is 4.74 Å². The molecule has 0 amide bonds. The second kappa shape index (κ2) is 5.84. The van der Waals surface area contributed by atoms with Crippen LogP contribution in [-0.4, -0.2) is 7.11 Å². The van der Waals surface area contributed by atoms with Crippen molar-refractivity contribution in [2.24, 2.45) is 5.84 Å². The molecule has 3 N–H and O–H groups in total. The summed E-state index contributed by atoms with van der Waals surface area (Å²) >= 11 is 5.13. The third-order valence-corrected chi connectivity index (χ3v) is 4.43. The van der Waals surface area contributed by atoms with Crippen LogP contribution < -0.4 is 16.0 Å². The van der Waals surface area contributed by atoms with Gasteiger partial charge in [0.1, 0.15) is 5.75 Å². The van der Waals surface area contributed by atoms with Crippen LogP contribution in [0.2, 0.25) is 0 Å². The average Bonchev–Trinajstić information content (AvgIpc) is 2.77. The van der Waals surface area contributed by atoms with E-state index < -0.39 is 0 Å². The van der Waals surface area contributed by atoms with Crippen molar-refractivity contribution in [3.63, 3.8) is 0 Å². The zero-order valence-electron chi connectivity index (χ0n) is 10.2. The van der Waals surface area contributed by atoms with Crippen LogP contribution in [-0.2, 0) is 0 Å². The van der Waals surface area contributed by atoms with Crippen LogP contribution >= 0.6 is 27.3 Å². The molecule has 0 aliphatic carbocycles. The van der Waals surface area contributed by atoms with Gasteiger partial charge >= 0.3 is 0 Å². The normalized spacial score (nSPS) is 12.4. The molecule has 2 aromatic rings. The molecular formula is C13H15BrN2OS. The number of thiophene rings is 1. The molecule has 1 aromatic carbocycles. The number of methoxy groups -OCH3 is 1. The van der Waals surface area contributed by atoms with E-state index in [1.165, 1.54) is 5.56 Å².